The molecular weight excluding hydrogens is 270 g/mol. The summed E-state index contributed by atoms with van der Waals surface area (Å²) >= 11 is 6.07. The zero-order valence-corrected chi connectivity index (χ0v) is 10.8. The third kappa shape index (κ3) is 3.10. The smallest absolute Gasteiger partial charge is 0.162 e. The molecule has 0 radical (unpaired) electrons. The Kier molecular flexibility index (Phi) is 4.47. The summed E-state index contributed by atoms with van der Waals surface area (Å²) in [6, 6.07) is 10.8. The molecule has 2 aromatic rings. The first-order chi connectivity index (χ1) is 9.13. The summed E-state index contributed by atoms with van der Waals surface area (Å²) in [7, 11) is 0. The number of hydrazine groups is 1. The van der Waals surface area contributed by atoms with Gasteiger partial charge < -0.3 is 0 Å². The molecule has 0 heterocycles. The van der Waals surface area contributed by atoms with Gasteiger partial charge in [-0.25, -0.2) is 8.78 Å². The molecule has 0 aliphatic heterocycles. The van der Waals surface area contributed by atoms with Gasteiger partial charge in [0.1, 0.15) is 0 Å². The second kappa shape index (κ2) is 6.10. The Labute approximate surface area is 115 Å². The predicted molar refractivity (Wildman–Crippen MR) is 71.6 cm³/mol. The summed E-state index contributed by atoms with van der Waals surface area (Å²) in [5.41, 5.74) is 3.58. The number of hydrogen-bond acceptors (Lipinski definition) is 2. The molecule has 2 rings (SSSR count). The highest BCUT2D eigenvalue weighted by Gasteiger charge is 2.17. The van der Waals surface area contributed by atoms with E-state index in [9.17, 15) is 8.78 Å². The molecular formula is C14H13ClF2N2. The van der Waals surface area contributed by atoms with Gasteiger partial charge in [0, 0.05) is 5.02 Å². The van der Waals surface area contributed by atoms with Crippen LogP contribution in [0.3, 0.4) is 0 Å². The summed E-state index contributed by atoms with van der Waals surface area (Å²) in [4.78, 5) is 0. The average Bonchev–Trinajstić information content (AvgIpc) is 2.41. The van der Waals surface area contributed by atoms with Crippen molar-refractivity contribution in [3.05, 3.63) is 70.2 Å². The molecule has 5 heteroatoms. The lowest BCUT2D eigenvalue weighted by molar-refractivity contribution is 0.481. The molecule has 3 N–H and O–H groups in total. The van der Waals surface area contributed by atoms with Crippen LogP contribution in [0.4, 0.5) is 8.78 Å². The first-order valence-electron chi connectivity index (χ1n) is 5.77. The fourth-order valence-electron chi connectivity index (χ4n) is 1.94. The van der Waals surface area contributed by atoms with Gasteiger partial charge in [0.2, 0.25) is 0 Å². The van der Waals surface area contributed by atoms with Crippen LogP contribution < -0.4 is 11.3 Å². The molecule has 19 heavy (non-hydrogen) atoms. The van der Waals surface area contributed by atoms with Gasteiger partial charge in [-0.05, 0) is 29.7 Å². The summed E-state index contributed by atoms with van der Waals surface area (Å²) in [5, 5.41) is 0.530. The van der Waals surface area contributed by atoms with Gasteiger partial charge in [0.15, 0.2) is 11.6 Å². The van der Waals surface area contributed by atoms with Crippen LogP contribution in [0.1, 0.15) is 17.2 Å². The third-order valence-electron chi connectivity index (χ3n) is 2.94. The van der Waals surface area contributed by atoms with Crippen LogP contribution in [-0.2, 0) is 6.42 Å². The van der Waals surface area contributed by atoms with Crippen molar-refractivity contribution in [1.82, 2.24) is 5.43 Å². The van der Waals surface area contributed by atoms with Crippen LogP contribution in [0, 0.1) is 11.6 Å². The Morgan fingerprint density at radius 2 is 1.84 bits per heavy atom. The quantitative estimate of drug-likeness (QED) is 0.666. The fraction of sp³-hybridized carbons (Fsp3) is 0.143. The zero-order valence-electron chi connectivity index (χ0n) is 10.0. The molecule has 0 saturated carbocycles. The van der Waals surface area contributed by atoms with Crippen LogP contribution in [0.2, 0.25) is 5.02 Å². The van der Waals surface area contributed by atoms with Crippen molar-refractivity contribution in [2.75, 3.05) is 0 Å². The minimum absolute atomic E-state index is 0.212. The number of hydrogen-bond donors (Lipinski definition) is 2. The lowest BCUT2D eigenvalue weighted by atomic mass is 9.99. The second-order valence-corrected chi connectivity index (χ2v) is 4.57. The second-order valence-electron chi connectivity index (χ2n) is 4.16. The van der Waals surface area contributed by atoms with Crippen LogP contribution in [0.25, 0.3) is 0 Å². The Bertz CT molecular complexity index is 575. The van der Waals surface area contributed by atoms with Crippen molar-refractivity contribution in [3.8, 4) is 0 Å². The minimum atomic E-state index is -0.868. The van der Waals surface area contributed by atoms with E-state index in [4.69, 9.17) is 17.4 Å². The van der Waals surface area contributed by atoms with E-state index in [0.29, 0.717) is 5.02 Å². The van der Waals surface area contributed by atoms with Crippen molar-refractivity contribution in [2.24, 2.45) is 5.84 Å². The molecule has 0 saturated heterocycles. The van der Waals surface area contributed by atoms with Crippen molar-refractivity contribution >= 4 is 11.6 Å². The van der Waals surface area contributed by atoms with Gasteiger partial charge in [-0.15, -0.1) is 0 Å². The highest BCUT2D eigenvalue weighted by atomic mass is 35.5. The minimum Gasteiger partial charge on any atom is -0.271 e. The zero-order chi connectivity index (χ0) is 13.8. The normalized spacial score (nSPS) is 12.4. The molecule has 0 amide bonds. The highest BCUT2D eigenvalue weighted by molar-refractivity contribution is 6.31. The maximum atomic E-state index is 13.6. The summed E-state index contributed by atoms with van der Waals surface area (Å²) in [5.74, 6) is 3.76. The van der Waals surface area contributed by atoms with E-state index in [1.165, 1.54) is 12.1 Å². The van der Waals surface area contributed by atoms with Crippen molar-refractivity contribution < 1.29 is 8.78 Å². The van der Waals surface area contributed by atoms with E-state index in [1.807, 2.05) is 6.07 Å². The van der Waals surface area contributed by atoms with Gasteiger partial charge >= 0.3 is 0 Å². The lowest BCUT2D eigenvalue weighted by Crippen LogP contribution is -2.30. The number of rotatable bonds is 4. The lowest BCUT2D eigenvalue weighted by Gasteiger charge is -2.18. The number of halogens is 3. The van der Waals surface area contributed by atoms with Crippen molar-refractivity contribution in [1.29, 1.82) is 0 Å². The number of benzene rings is 2. The van der Waals surface area contributed by atoms with E-state index >= 15 is 0 Å². The average molecular weight is 283 g/mol. The van der Waals surface area contributed by atoms with E-state index < -0.39 is 11.6 Å². The van der Waals surface area contributed by atoms with Crippen molar-refractivity contribution in [2.45, 2.75) is 12.5 Å². The maximum Gasteiger partial charge on any atom is 0.162 e. The largest absolute Gasteiger partial charge is 0.271 e. The van der Waals surface area contributed by atoms with Crippen LogP contribution in [0.5, 0.6) is 0 Å². The van der Waals surface area contributed by atoms with Crippen LogP contribution >= 0.6 is 11.6 Å². The van der Waals surface area contributed by atoms with Crippen LogP contribution in [0.15, 0.2) is 42.5 Å². The highest BCUT2D eigenvalue weighted by Crippen LogP contribution is 2.26. The molecule has 0 aliphatic rings. The SMILES string of the molecule is NNC(Cc1cccc(F)c1F)c1ccccc1Cl. The molecule has 0 aromatic heterocycles. The summed E-state index contributed by atoms with van der Waals surface area (Å²) < 4.78 is 26.8. The van der Waals surface area contributed by atoms with Crippen LogP contribution in [-0.4, -0.2) is 0 Å². The van der Waals surface area contributed by atoms with Gasteiger partial charge in [0.25, 0.3) is 0 Å². The topological polar surface area (TPSA) is 38.0 Å². The van der Waals surface area contributed by atoms with E-state index in [2.05, 4.69) is 5.43 Å². The van der Waals surface area contributed by atoms with Gasteiger partial charge in [-0.2, -0.15) is 0 Å². The molecule has 2 aromatic carbocycles. The Hall–Kier alpha value is -1.49. The number of nitrogens with one attached hydrogen (secondary N) is 1. The molecule has 0 aliphatic carbocycles. The van der Waals surface area contributed by atoms with Crippen molar-refractivity contribution in [3.63, 3.8) is 0 Å². The molecule has 2 nitrogen and oxygen atoms in total. The fourth-order valence-corrected chi connectivity index (χ4v) is 2.21. The Morgan fingerprint density at radius 3 is 2.53 bits per heavy atom. The van der Waals surface area contributed by atoms with Gasteiger partial charge in [0.05, 0.1) is 6.04 Å². The summed E-state index contributed by atoms with van der Waals surface area (Å²) in [6.07, 6.45) is 0.212. The van der Waals surface area contributed by atoms with E-state index in [0.717, 1.165) is 11.6 Å². The molecule has 1 atom stereocenters. The molecule has 1 unspecified atom stereocenters. The standard InChI is InChI=1S/C14H13ClF2N2/c15-11-6-2-1-5-10(11)13(19-18)8-9-4-3-7-12(16)14(9)17/h1-7,13,19H,8,18H2. The first kappa shape index (κ1) is 13.9. The molecule has 0 spiro atoms. The molecule has 0 bridgehead atoms. The Balaban J connectivity index is 2.30. The first-order valence-corrected chi connectivity index (χ1v) is 6.14. The van der Waals surface area contributed by atoms with Gasteiger partial charge in [-0.3, -0.25) is 11.3 Å². The Morgan fingerprint density at radius 1 is 1.11 bits per heavy atom. The monoisotopic (exact) mass is 282 g/mol. The van der Waals surface area contributed by atoms with E-state index in [1.54, 1.807) is 18.2 Å². The van der Waals surface area contributed by atoms with Gasteiger partial charge in [-0.1, -0.05) is 41.9 Å². The molecule has 0 fully saturated rings. The summed E-state index contributed by atoms with van der Waals surface area (Å²) in [6.45, 7) is 0. The molecule has 100 valence electrons. The predicted octanol–water partition coefficient (Wildman–Crippen LogP) is 3.37. The number of nitrogens with two attached hydrogens (primary N) is 1. The third-order valence-corrected chi connectivity index (χ3v) is 3.28. The maximum absolute atomic E-state index is 13.6. The van der Waals surface area contributed by atoms with E-state index in [-0.39, 0.29) is 18.0 Å².